The highest BCUT2D eigenvalue weighted by atomic mass is 16.4. The first kappa shape index (κ1) is 20.3. The molecule has 9 heteroatoms. The van der Waals surface area contributed by atoms with Crippen LogP contribution in [0.3, 0.4) is 0 Å². The van der Waals surface area contributed by atoms with Crippen molar-refractivity contribution in [1.29, 1.82) is 0 Å². The number of hydrogen-bond donors (Lipinski definition) is 6. The van der Waals surface area contributed by atoms with E-state index in [0.29, 0.717) is 0 Å². The summed E-state index contributed by atoms with van der Waals surface area (Å²) < 4.78 is 0. The van der Waals surface area contributed by atoms with Crippen molar-refractivity contribution in [3.8, 4) is 5.75 Å². The van der Waals surface area contributed by atoms with Crippen molar-refractivity contribution in [3.05, 3.63) is 29.8 Å². The zero-order valence-corrected chi connectivity index (χ0v) is 12.3. The van der Waals surface area contributed by atoms with Crippen molar-refractivity contribution in [1.82, 2.24) is 0 Å². The summed E-state index contributed by atoms with van der Waals surface area (Å²) in [7, 11) is 0. The zero-order chi connectivity index (χ0) is 18.0. The molecule has 0 aliphatic rings. The normalized spacial score (nSPS) is 12.4. The Bertz CT molecular complexity index is 530. The summed E-state index contributed by atoms with van der Waals surface area (Å²) in [5.41, 5.74) is 11.1. The number of carboxylic acids is 3. The molecule has 0 amide bonds. The highest BCUT2D eigenvalue weighted by Crippen LogP contribution is 2.10. The standard InChI is InChI=1S/C9H11NO3.C5H9NO4/c10-8(9(12)13)5-6-1-3-7(11)4-2-6;6-3(5(9)10)1-2-4(7)8/h1-4,8,11H,5,10H2,(H,12,13);3H,1-2,6H2,(H,7,8)(H,9,10)/t8-;3-/m11/s1. The summed E-state index contributed by atoms with van der Waals surface area (Å²) in [5.74, 6) is -3.06. The molecular weight excluding hydrogens is 308 g/mol. The molecule has 0 saturated carbocycles. The average Bonchev–Trinajstić information content (AvgIpc) is 2.47. The van der Waals surface area contributed by atoms with Crippen molar-refractivity contribution in [2.75, 3.05) is 0 Å². The number of hydrogen-bond acceptors (Lipinski definition) is 6. The molecule has 0 saturated heterocycles. The van der Waals surface area contributed by atoms with E-state index in [-0.39, 0.29) is 25.0 Å². The van der Waals surface area contributed by atoms with Crippen molar-refractivity contribution in [2.45, 2.75) is 31.3 Å². The summed E-state index contributed by atoms with van der Waals surface area (Å²) in [5, 5.41) is 33.7. The number of aromatic hydroxyl groups is 1. The molecule has 8 N–H and O–H groups in total. The summed E-state index contributed by atoms with van der Waals surface area (Å²) >= 11 is 0. The molecule has 9 nitrogen and oxygen atoms in total. The first-order chi connectivity index (χ1) is 10.6. The van der Waals surface area contributed by atoms with E-state index in [9.17, 15) is 14.4 Å². The minimum atomic E-state index is -1.17. The fourth-order valence-corrected chi connectivity index (χ4v) is 1.38. The van der Waals surface area contributed by atoms with Crippen LogP contribution >= 0.6 is 0 Å². The second-order valence-corrected chi connectivity index (χ2v) is 4.69. The van der Waals surface area contributed by atoms with Crippen LogP contribution in [0, 0.1) is 0 Å². The van der Waals surface area contributed by atoms with Gasteiger partial charge in [-0.05, 0) is 30.5 Å². The van der Waals surface area contributed by atoms with Crippen LogP contribution in [0.1, 0.15) is 18.4 Å². The lowest BCUT2D eigenvalue weighted by molar-refractivity contribution is -0.140. The fraction of sp³-hybridized carbons (Fsp3) is 0.357. The molecule has 0 unspecified atom stereocenters. The van der Waals surface area contributed by atoms with E-state index in [0.717, 1.165) is 5.56 Å². The molecule has 0 spiro atoms. The molecule has 0 bridgehead atoms. The second kappa shape index (κ2) is 10.1. The smallest absolute Gasteiger partial charge is 0.320 e. The van der Waals surface area contributed by atoms with Crippen molar-refractivity contribution in [2.24, 2.45) is 11.5 Å². The van der Waals surface area contributed by atoms with Crippen LogP contribution in [0.4, 0.5) is 0 Å². The Balaban J connectivity index is 0.000000438. The van der Waals surface area contributed by atoms with E-state index in [1.165, 1.54) is 12.1 Å². The number of benzene rings is 1. The lowest BCUT2D eigenvalue weighted by atomic mass is 10.1. The van der Waals surface area contributed by atoms with E-state index in [2.05, 4.69) is 0 Å². The molecular formula is C14H20N2O7. The molecule has 0 aliphatic heterocycles. The SMILES string of the molecule is N[C@H](CCC(=O)O)C(=O)O.N[C@H](Cc1ccc(O)cc1)C(=O)O. The first-order valence-corrected chi connectivity index (χ1v) is 6.60. The van der Waals surface area contributed by atoms with Crippen LogP contribution in [-0.2, 0) is 20.8 Å². The third kappa shape index (κ3) is 9.82. The molecule has 23 heavy (non-hydrogen) atoms. The molecule has 0 heterocycles. The van der Waals surface area contributed by atoms with Gasteiger partial charge < -0.3 is 31.9 Å². The van der Waals surface area contributed by atoms with Crippen molar-refractivity contribution < 1.29 is 34.8 Å². The summed E-state index contributed by atoms with van der Waals surface area (Å²) in [4.78, 5) is 30.3. The highest BCUT2D eigenvalue weighted by molar-refractivity contribution is 5.74. The largest absolute Gasteiger partial charge is 0.508 e. The topological polar surface area (TPSA) is 184 Å². The number of rotatable bonds is 7. The first-order valence-electron chi connectivity index (χ1n) is 6.60. The quantitative estimate of drug-likeness (QED) is 0.388. The number of phenols is 1. The van der Waals surface area contributed by atoms with Crippen LogP contribution in [0.2, 0.25) is 0 Å². The molecule has 0 fully saturated rings. The van der Waals surface area contributed by atoms with Crippen LogP contribution in [0.25, 0.3) is 0 Å². The lowest BCUT2D eigenvalue weighted by Gasteiger charge is -2.05. The zero-order valence-electron chi connectivity index (χ0n) is 12.3. The molecule has 0 radical (unpaired) electrons. The molecule has 1 aromatic rings. The molecule has 128 valence electrons. The predicted molar refractivity (Wildman–Crippen MR) is 79.9 cm³/mol. The van der Waals surface area contributed by atoms with Gasteiger partial charge in [-0.15, -0.1) is 0 Å². The average molecular weight is 328 g/mol. The van der Waals surface area contributed by atoms with Gasteiger partial charge in [-0.3, -0.25) is 14.4 Å². The Labute approximate surface area is 132 Å². The van der Waals surface area contributed by atoms with Gasteiger partial charge in [-0.2, -0.15) is 0 Å². The molecule has 1 aromatic carbocycles. The van der Waals surface area contributed by atoms with Gasteiger partial charge in [-0.25, -0.2) is 0 Å². The van der Waals surface area contributed by atoms with Gasteiger partial charge in [0.2, 0.25) is 0 Å². The van der Waals surface area contributed by atoms with Crippen LogP contribution in [0.15, 0.2) is 24.3 Å². The van der Waals surface area contributed by atoms with Gasteiger partial charge in [0.05, 0.1) is 0 Å². The Morgan fingerprint density at radius 2 is 1.39 bits per heavy atom. The summed E-state index contributed by atoms with van der Waals surface area (Å²) in [6.45, 7) is 0. The Kier molecular flexibility index (Phi) is 8.97. The lowest BCUT2D eigenvalue weighted by Crippen LogP contribution is -2.32. The predicted octanol–water partition coefficient (Wildman–Crippen LogP) is -0.390. The van der Waals surface area contributed by atoms with E-state index < -0.39 is 30.0 Å². The van der Waals surface area contributed by atoms with E-state index >= 15 is 0 Å². The summed E-state index contributed by atoms with van der Waals surface area (Å²) in [6.07, 6.45) is 0.0494. The number of carboxylic acid groups (broad SMARTS) is 3. The van der Waals surface area contributed by atoms with Crippen LogP contribution in [0.5, 0.6) is 5.75 Å². The minimum Gasteiger partial charge on any atom is -0.508 e. The maximum absolute atomic E-state index is 10.4. The maximum atomic E-state index is 10.4. The number of phenolic OH excluding ortho intramolecular Hbond substituents is 1. The highest BCUT2D eigenvalue weighted by Gasteiger charge is 2.12. The number of aliphatic carboxylic acids is 3. The Hall–Kier alpha value is -2.65. The second-order valence-electron chi connectivity index (χ2n) is 4.69. The molecule has 2 atom stereocenters. The molecule has 0 aromatic heterocycles. The van der Waals surface area contributed by atoms with Crippen LogP contribution < -0.4 is 11.5 Å². The van der Waals surface area contributed by atoms with Crippen molar-refractivity contribution in [3.63, 3.8) is 0 Å². The maximum Gasteiger partial charge on any atom is 0.320 e. The third-order valence-electron chi connectivity index (χ3n) is 2.70. The van der Waals surface area contributed by atoms with E-state index in [1.807, 2.05) is 0 Å². The molecule has 1 rings (SSSR count). The Morgan fingerprint density at radius 3 is 1.78 bits per heavy atom. The van der Waals surface area contributed by atoms with Gasteiger partial charge in [0.1, 0.15) is 17.8 Å². The number of nitrogens with two attached hydrogens (primary N) is 2. The molecule has 0 aliphatic carbocycles. The monoisotopic (exact) mass is 328 g/mol. The minimum absolute atomic E-state index is 0.0231. The third-order valence-corrected chi connectivity index (χ3v) is 2.70. The van der Waals surface area contributed by atoms with Gasteiger partial charge >= 0.3 is 17.9 Å². The fourth-order valence-electron chi connectivity index (χ4n) is 1.38. The van der Waals surface area contributed by atoms with Gasteiger partial charge in [-0.1, -0.05) is 12.1 Å². The van der Waals surface area contributed by atoms with E-state index in [4.69, 9.17) is 31.9 Å². The number of carbonyl (C=O) groups is 3. The van der Waals surface area contributed by atoms with Gasteiger partial charge in [0.15, 0.2) is 0 Å². The van der Waals surface area contributed by atoms with Crippen molar-refractivity contribution >= 4 is 17.9 Å². The van der Waals surface area contributed by atoms with Crippen LogP contribution in [-0.4, -0.2) is 50.4 Å². The van der Waals surface area contributed by atoms with Gasteiger partial charge in [0, 0.05) is 6.42 Å². The van der Waals surface area contributed by atoms with E-state index in [1.54, 1.807) is 12.1 Å². The summed E-state index contributed by atoms with van der Waals surface area (Å²) in [6, 6.07) is 4.37. The Morgan fingerprint density at radius 1 is 0.913 bits per heavy atom. The van der Waals surface area contributed by atoms with Gasteiger partial charge in [0.25, 0.3) is 0 Å².